The molecule has 4 heteroatoms. The van der Waals surface area contributed by atoms with Gasteiger partial charge in [0.05, 0.1) is 4.88 Å². The molecular formula is C13H20N2OS. The van der Waals surface area contributed by atoms with Crippen molar-refractivity contribution < 1.29 is 4.79 Å². The third kappa shape index (κ3) is 2.69. The molecule has 1 saturated heterocycles. The quantitative estimate of drug-likeness (QED) is 0.877. The number of carbonyl (C=O) groups is 1. The lowest BCUT2D eigenvalue weighted by molar-refractivity contribution is 0.0578. The molecule has 2 unspecified atom stereocenters. The lowest BCUT2D eigenvalue weighted by Crippen LogP contribution is -2.49. The Morgan fingerprint density at radius 1 is 1.59 bits per heavy atom. The minimum absolute atomic E-state index is 0.158. The van der Waals surface area contributed by atoms with Gasteiger partial charge < -0.3 is 10.6 Å². The number of amides is 1. The van der Waals surface area contributed by atoms with Gasteiger partial charge in [-0.1, -0.05) is 6.92 Å². The maximum Gasteiger partial charge on any atom is 0.264 e. The van der Waals surface area contributed by atoms with Crippen LogP contribution < -0.4 is 5.73 Å². The molecule has 0 saturated carbocycles. The number of piperidine rings is 1. The molecule has 3 nitrogen and oxygen atoms in total. The molecule has 0 radical (unpaired) electrons. The van der Waals surface area contributed by atoms with E-state index in [4.69, 9.17) is 5.73 Å². The maximum atomic E-state index is 12.4. The first kappa shape index (κ1) is 12.6. The van der Waals surface area contributed by atoms with Crippen molar-refractivity contribution in [3.63, 3.8) is 0 Å². The molecular weight excluding hydrogens is 232 g/mol. The van der Waals surface area contributed by atoms with E-state index in [0.717, 1.165) is 24.3 Å². The number of hydrogen-bond acceptors (Lipinski definition) is 3. The number of aryl methyl sites for hydroxylation is 1. The molecule has 17 heavy (non-hydrogen) atoms. The van der Waals surface area contributed by atoms with E-state index < -0.39 is 0 Å². The number of carbonyl (C=O) groups excluding carboxylic acids is 1. The highest BCUT2D eigenvalue weighted by molar-refractivity contribution is 7.13. The number of nitrogens with two attached hydrogens (primary N) is 1. The van der Waals surface area contributed by atoms with Gasteiger partial charge in [0.25, 0.3) is 5.91 Å². The van der Waals surface area contributed by atoms with Gasteiger partial charge in [0, 0.05) is 24.0 Å². The predicted octanol–water partition coefficient (Wildman–Crippen LogP) is 2.26. The fraction of sp³-hybridized carbons (Fsp3) is 0.615. The molecule has 2 heterocycles. The molecule has 0 aliphatic carbocycles. The maximum absolute atomic E-state index is 12.4. The van der Waals surface area contributed by atoms with Crippen LogP contribution in [0.1, 0.15) is 34.3 Å². The molecule has 1 amide bonds. The fourth-order valence-electron chi connectivity index (χ4n) is 2.43. The highest BCUT2D eigenvalue weighted by Gasteiger charge is 2.29. The second kappa shape index (κ2) is 5.19. The third-order valence-electron chi connectivity index (χ3n) is 3.46. The van der Waals surface area contributed by atoms with Crippen molar-refractivity contribution in [2.75, 3.05) is 13.1 Å². The Labute approximate surface area is 107 Å². The van der Waals surface area contributed by atoms with Gasteiger partial charge in [0.2, 0.25) is 0 Å². The molecule has 1 aromatic rings. The summed E-state index contributed by atoms with van der Waals surface area (Å²) in [5.41, 5.74) is 5.79. The van der Waals surface area contributed by atoms with Gasteiger partial charge in [-0.3, -0.25) is 4.79 Å². The Balaban J connectivity index is 2.13. The second-order valence-electron chi connectivity index (χ2n) is 4.93. The van der Waals surface area contributed by atoms with Crippen molar-refractivity contribution in [3.8, 4) is 0 Å². The van der Waals surface area contributed by atoms with Crippen LogP contribution >= 0.6 is 11.3 Å². The Morgan fingerprint density at radius 2 is 2.35 bits per heavy atom. The monoisotopic (exact) mass is 252 g/mol. The van der Waals surface area contributed by atoms with Gasteiger partial charge in [-0.25, -0.2) is 0 Å². The minimum Gasteiger partial charge on any atom is -0.334 e. The van der Waals surface area contributed by atoms with Crippen molar-refractivity contribution in [3.05, 3.63) is 21.9 Å². The average Bonchev–Trinajstić information content (AvgIpc) is 2.75. The summed E-state index contributed by atoms with van der Waals surface area (Å²) in [5.74, 6) is 0.836. The minimum atomic E-state index is 0.158. The molecule has 0 bridgehead atoms. The summed E-state index contributed by atoms with van der Waals surface area (Å²) >= 11 is 1.57. The zero-order valence-corrected chi connectivity index (χ0v) is 11.3. The van der Waals surface area contributed by atoms with E-state index in [1.54, 1.807) is 11.3 Å². The van der Waals surface area contributed by atoms with Crippen LogP contribution in [0.2, 0.25) is 0 Å². The summed E-state index contributed by atoms with van der Waals surface area (Å²) < 4.78 is 0. The molecule has 1 aliphatic heterocycles. The Hall–Kier alpha value is -0.870. The molecule has 2 atom stereocenters. The first-order chi connectivity index (χ1) is 8.11. The summed E-state index contributed by atoms with van der Waals surface area (Å²) in [6.45, 7) is 5.68. The number of hydrogen-bond donors (Lipinski definition) is 1. The van der Waals surface area contributed by atoms with Gasteiger partial charge in [-0.15, -0.1) is 11.3 Å². The van der Waals surface area contributed by atoms with Gasteiger partial charge in [0.1, 0.15) is 0 Å². The SMILES string of the molecule is Cc1ccc(C(=O)N2CCC(C)CC2CN)s1. The molecule has 0 aromatic carbocycles. The molecule has 2 rings (SSSR count). The van der Waals surface area contributed by atoms with E-state index in [9.17, 15) is 4.79 Å². The van der Waals surface area contributed by atoms with E-state index in [0.29, 0.717) is 12.5 Å². The van der Waals surface area contributed by atoms with Crippen molar-refractivity contribution in [1.82, 2.24) is 4.90 Å². The lowest BCUT2D eigenvalue weighted by Gasteiger charge is -2.37. The zero-order valence-electron chi connectivity index (χ0n) is 10.5. The van der Waals surface area contributed by atoms with Crippen LogP contribution in [-0.4, -0.2) is 29.9 Å². The van der Waals surface area contributed by atoms with E-state index in [2.05, 4.69) is 6.92 Å². The van der Waals surface area contributed by atoms with Gasteiger partial charge >= 0.3 is 0 Å². The normalized spacial score (nSPS) is 25.0. The summed E-state index contributed by atoms with van der Waals surface area (Å²) in [4.78, 5) is 16.4. The van der Waals surface area contributed by atoms with Gasteiger partial charge in [-0.2, -0.15) is 0 Å². The van der Waals surface area contributed by atoms with Crippen molar-refractivity contribution in [2.24, 2.45) is 11.7 Å². The highest BCUT2D eigenvalue weighted by atomic mass is 32.1. The topological polar surface area (TPSA) is 46.3 Å². The van der Waals surface area contributed by atoms with Crippen LogP contribution in [0.15, 0.2) is 12.1 Å². The van der Waals surface area contributed by atoms with E-state index in [1.165, 1.54) is 4.88 Å². The Bertz CT molecular complexity index is 402. The fourth-order valence-corrected chi connectivity index (χ4v) is 3.26. The standard InChI is InChI=1S/C13H20N2OS/c1-9-5-6-15(11(7-9)8-14)13(16)12-4-3-10(2)17-12/h3-4,9,11H,5-8,14H2,1-2H3. The predicted molar refractivity (Wildman–Crippen MR) is 71.3 cm³/mol. The molecule has 1 fully saturated rings. The van der Waals surface area contributed by atoms with Crippen LogP contribution in [0.4, 0.5) is 0 Å². The Morgan fingerprint density at radius 3 is 2.94 bits per heavy atom. The number of nitrogens with zero attached hydrogens (tertiary/aromatic N) is 1. The summed E-state index contributed by atoms with van der Waals surface area (Å²) in [6.07, 6.45) is 2.12. The van der Waals surface area contributed by atoms with Crippen molar-refractivity contribution in [1.29, 1.82) is 0 Å². The van der Waals surface area contributed by atoms with Crippen LogP contribution in [-0.2, 0) is 0 Å². The van der Waals surface area contributed by atoms with Crippen molar-refractivity contribution >= 4 is 17.2 Å². The van der Waals surface area contributed by atoms with Crippen molar-refractivity contribution in [2.45, 2.75) is 32.7 Å². The summed E-state index contributed by atoms with van der Waals surface area (Å²) in [6, 6.07) is 4.14. The van der Waals surface area contributed by atoms with Crippen LogP contribution in [0, 0.1) is 12.8 Å². The van der Waals surface area contributed by atoms with E-state index >= 15 is 0 Å². The van der Waals surface area contributed by atoms with Gasteiger partial charge in [0.15, 0.2) is 0 Å². The van der Waals surface area contributed by atoms with E-state index in [-0.39, 0.29) is 11.9 Å². The third-order valence-corrected chi connectivity index (χ3v) is 4.45. The highest BCUT2D eigenvalue weighted by Crippen LogP contribution is 2.25. The summed E-state index contributed by atoms with van der Waals surface area (Å²) in [7, 11) is 0. The molecule has 2 N–H and O–H groups in total. The molecule has 1 aromatic heterocycles. The zero-order chi connectivity index (χ0) is 12.4. The number of likely N-dealkylation sites (tertiary alicyclic amines) is 1. The lowest BCUT2D eigenvalue weighted by atomic mass is 9.92. The van der Waals surface area contributed by atoms with Crippen LogP contribution in [0.5, 0.6) is 0 Å². The first-order valence-corrected chi connectivity index (χ1v) is 7.01. The first-order valence-electron chi connectivity index (χ1n) is 6.19. The summed E-state index contributed by atoms with van der Waals surface area (Å²) in [5, 5.41) is 0. The molecule has 1 aliphatic rings. The molecule has 94 valence electrons. The Kier molecular flexibility index (Phi) is 3.84. The van der Waals surface area contributed by atoms with E-state index in [1.807, 2.05) is 24.0 Å². The molecule has 0 spiro atoms. The number of rotatable bonds is 2. The largest absolute Gasteiger partial charge is 0.334 e. The smallest absolute Gasteiger partial charge is 0.264 e. The van der Waals surface area contributed by atoms with Crippen LogP contribution in [0.3, 0.4) is 0 Å². The average molecular weight is 252 g/mol. The van der Waals surface area contributed by atoms with Gasteiger partial charge in [-0.05, 0) is 37.8 Å². The van der Waals surface area contributed by atoms with Crippen LogP contribution in [0.25, 0.3) is 0 Å². The second-order valence-corrected chi connectivity index (χ2v) is 6.22. The number of thiophene rings is 1.